The van der Waals surface area contributed by atoms with Crippen LogP contribution in [0.4, 0.5) is 0 Å². The van der Waals surface area contributed by atoms with E-state index >= 15 is 0 Å². The summed E-state index contributed by atoms with van der Waals surface area (Å²) in [6, 6.07) is 0. The number of rotatable bonds is 13. The Kier molecular flexibility index (Phi) is 22.0. The summed E-state index contributed by atoms with van der Waals surface area (Å²) >= 11 is 0. The Labute approximate surface area is 147 Å². The van der Waals surface area contributed by atoms with Gasteiger partial charge in [-0.25, -0.2) is 0 Å². The Balaban J connectivity index is 0. The first-order valence-corrected chi connectivity index (χ1v) is 7.95. The second-order valence-electron chi connectivity index (χ2n) is 4.71. The van der Waals surface area contributed by atoms with Gasteiger partial charge in [0.25, 0.3) is 0 Å². The van der Waals surface area contributed by atoms with Crippen LogP contribution >= 0.6 is 24.0 Å². The van der Waals surface area contributed by atoms with Crippen molar-refractivity contribution >= 4 is 29.9 Å². The number of aliphatic imine (C=N–C) groups is 1. The van der Waals surface area contributed by atoms with Crippen LogP contribution in [0.2, 0.25) is 0 Å². The first kappa shape index (κ1) is 23.2. The third-order valence-electron chi connectivity index (χ3n) is 2.80. The minimum Gasteiger partial charge on any atom is -0.381 e. The van der Waals surface area contributed by atoms with E-state index in [1.54, 1.807) is 7.05 Å². The van der Waals surface area contributed by atoms with Gasteiger partial charge in [-0.3, -0.25) is 4.99 Å². The minimum atomic E-state index is 0. The number of ether oxygens (including phenoxy) is 2. The van der Waals surface area contributed by atoms with Crippen LogP contribution in [-0.2, 0) is 9.47 Å². The van der Waals surface area contributed by atoms with E-state index in [0.29, 0.717) is 0 Å². The molecule has 0 unspecified atom stereocenters. The summed E-state index contributed by atoms with van der Waals surface area (Å²) in [4.78, 5) is 4.17. The first-order valence-electron chi connectivity index (χ1n) is 7.95. The van der Waals surface area contributed by atoms with Gasteiger partial charge in [0.15, 0.2) is 5.96 Å². The van der Waals surface area contributed by atoms with Gasteiger partial charge in [-0.15, -0.1) is 24.0 Å². The topological polar surface area (TPSA) is 54.9 Å². The molecule has 0 aliphatic rings. The van der Waals surface area contributed by atoms with Gasteiger partial charge in [-0.2, -0.15) is 0 Å². The average molecular weight is 415 g/mol. The van der Waals surface area contributed by atoms with Gasteiger partial charge in [0.05, 0.1) is 6.61 Å². The van der Waals surface area contributed by atoms with Crippen molar-refractivity contribution in [1.82, 2.24) is 10.6 Å². The maximum absolute atomic E-state index is 5.51. The van der Waals surface area contributed by atoms with Gasteiger partial charge in [-0.1, -0.05) is 26.7 Å². The standard InChI is InChI=1S/C15H33N3O2.HI/c1-4-6-11-19-13-8-9-17-15(16-3)18-10-14-20-12-7-5-2;/h4-14H2,1-3H3,(H2,16,17,18);1H. The zero-order valence-electron chi connectivity index (χ0n) is 14.0. The van der Waals surface area contributed by atoms with Crippen molar-refractivity contribution in [3.05, 3.63) is 0 Å². The molecule has 0 saturated heterocycles. The molecule has 0 aromatic rings. The van der Waals surface area contributed by atoms with Gasteiger partial charge < -0.3 is 20.1 Å². The van der Waals surface area contributed by atoms with E-state index in [0.717, 1.165) is 64.7 Å². The van der Waals surface area contributed by atoms with E-state index in [2.05, 4.69) is 29.5 Å². The maximum Gasteiger partial charge on any atom is 0.191 e. The number of guanidine groups is 1. The van der Waals surface area contributed by atoms with Crippen molar-refractivity contribution in [3.8, 4) is 0 Å². The molecule has 0 aliphatic carbocycles. The molecule has 0 fully saturated rings. The quantitative estimate of drug-likeness (QED) is 0.210. The van der Waals surface area contributed by atoms with Crippen LogP contribution in [-0.4, -0.2) is 52.5 Å². The molecule has 6 heteroatoms. The van der Waals surface area contributed by atoms with Crippen LogP contribution in [0, 0.1) is 0 Å². The SMILES string of the molecule is CCCCOCCCNC(=NC)NCCOCCCC.I. The van der Waals surface area contributed by atoms with Crippen LogP contribution in [0.3, 0.4) is 0 Å². The lowest BCUT2D eigenvalue weighted by Crippen LogP contribution is -2.39. The molecule has 0 radical (unpaired) electrons. The summed E-state index contributed by atoms with van der Waals surface area (Å²) in [7, 11) is 1.78. The number of hydrogen-bond acceptors (Lipinski definition) is 3. The zero-order chi connectivity index (χ0) is 14.9. The van der Waals surface area contributed by atoms with E-state index in [1.165, 1.54) is 12.8 Å². The van der Waals surface area contributed by atoms with Gasteiger partial charge >= 0.3 is 0 Å². The molecule has 0 aromatic carbocycles. The highest BCUT2D eigenvalue weighted by molar-refractivity contribution is 14.0. The fraction of sp³-hybridized carbons (Fsp3) is 0.933. The summed E-state index contributed by atoms with van der Waals surface area (Å²) in [5, 5.41) is 6.50. The molecule has 0 spiro atoms. The normalized spacial score (nSPS) is 11.1. The molecule has 0 bridgehead atoms. The monoisotopic (exact) mass is 415 g/mol. The van der Waals surface area contributed by atoms with E-state index in [4.69, 9.17) is 9.47 Å². The average Bonchev–Trinajstić information content (AvgIpc) is 2.47. The lowest BCUT2D eigenvalue weighted by molar-refractivity contribution is 0.129. The number of nitrogens with zero attached hydrogens (tertiary/aromatic N) is 1. The van der Waals surface area contributed by atoms with Crippen molar-refractivity contribution < 1.29 is 9.47 Å². The molecule has 0 amide bonds. The smallest absolute Gasteiger partial charge is 0.191 e. The molecule has 0 heterocycles. The number of nitrogens with one attached hydrogen (secondary N) is 2. The molecular formula is C15H34IN3O2. The number of unbranched alkanes of at least 4 members (excludes halogenated alkanes) is 2. The number of hydrogen-bond donors (Lipinski definition) is 2. The molecule has 2 N–H and O–H groups in total. The van der Waals surface area contributed by atoms with Gasteiger partial charge in [0, 0.05) is 40.0 Å². The first-order chi connectivity index (χ1) is 9.85. The predicted molar refractivity (Wildman–Crippen MR) is 101 cm³/mol. The molecule has 0 rings (SSSR count). The van der Waals surface area contributed by atoms with Crippen molar-refractivity contribution in [1.29, 1.82) is 0 Å². The summed E-state index contributed by atoms with van der Waals surface area (Å²) < 4.78 is 11.0. The second-order valence-corrected chi connectivity index (χ2v) is 4.71. The highest BCUT2D eigenvalue weighted by atomic mass is 127. The van der Waals surface area contributed by atoms with Gasteiger partial charge in [-0.05, 0) is 19.3 Å². The highest BCUT2D eigenvalue weighted by Crippen LogP contribution is 1.89. The predicted octanol–water partition coefficient (Wildman–Crippen LogP) is 2.79. The van der Waals surface area contributed by atoms with Crippen molar-refractivity contribution in [2.45, 2.75) is 46.0 Å². The number of halogens is 1. The van der Waals surface area contributed by atoms with E-state index in [-0.39, 0.29) is 24.0 Å². The van der Waals surface area contributed by atoms with Crippen molar-refractivity contribution in [3.63, 3.8) is 0 Å². The largest absolute Gasteiger partial charge is 0.381 e. The van der Waals surface area contributed by atoms with Crippen molar-refractivity contribution in [2.75, 3.05) is 46.6 Å². The Morgan fingerprint density at radius 2 is 1.33 bits per heavy atom. The Morgan fingerprint density at radius 1 is 0.810 bits per heavy atom. The lowest BCUT2D eigenvalue weighted by atomic mass is 10.4. The summed E-state index contributed by atoms with van der Waals surface area (Å²) in [5.41, 5.74) is 0. The summed E-state index contributed by atoms with van der Waals surface area (Å²) in [6.07, 6.45) is 5.64. The Hall–Kier alpha value is -0.0800. The summed E-state index contributed by atoms with van der Waals surface area (Å²) in [5.74, 6) is 0.831. The molecule has 0 aliphatic heterocycles. The summed E-state index contributed by atoms with van der Waals surface area (Å²) in [6.45, 7) is 9.26. The van der Waals surface area contributed by atoms with Crippen molar-refractivity contribution in [2.24, 2.45) is 4.99 Å². The molecule has 5 nitrogen and oxygen atoms in total. The van der Waals surface area contributed by atoms with Crippen LogP contribution in [0.25, 0.3) is 0 Å². The zero-order valence-corrected chi connectivity index (χ0v) is 16.3. The molecular weight excluding hydrogens is 381 g/mol. The maximum atomic E-state index is 5.51. The third-order valence-corrected chi connectivity index (χ3v) is 2.80. The fourth-order valence-electron chi connectivity index (χ4n) is 1.54. The molecule has 0 saturated carbocycles. The Morgan fingerprint density at radius 3 is 1.90 bits per heavy atom. The third kappa shape index (κ3) is 17.9. The van der Waals surface area contributed by atoms with Crippen LogP contribution in [0.15, 0.2) is 4.99 Å². The highest BCUT2D eigenvalue weighted by Gasteiger charge is 1.96. The van der Waals surface area contributed by atoms with Crippen LogP contribution < -0.4 is 10.6 Å². The minimum absolute atomic E-state index is 0. The molecule has 21 heavy (non-hydrogen) atoms. The van der Waals surface area contributed by atoms with Gasteiger partial charge in [0.2, 0.25) is 0 Å². The fourth-order valence-corrected chi connectivity index (χ4v) is 1.54. The second kappa shape index (κ2) is 19.9. The van der Waals surface area contributed by atoms with Crippen LogP contribution in [0.1, 0.15) is 46.0 Å². The lowest BCUT2D eigenvalue weighted by Gasteiger charge is -2.12. The Bertz CT molecular complexity index is 229. The van der Waals surface area contributed by atoms with Crippen LogP contribution in [0.5, 0.6) is 0 Å². The van der Waals surface area contributed by atoms with E-state index < -0.39 is 0 Å². The van der Waals surface area contributed by atoms with E-state index in [9.17, 15) is 0 Å². The van der Waals surface area contributed by atoms with Gasteiger partial charge in [0.1, 0.15) is 0 Å². The molecule has 0 aromatic heterocycles. The van der Waals surface area contributed by atoms with E-state index in [1.807, 2.05) is 0 Å². The molecule has 0 atom stereocenters. The molecule has 128 valence electrons.